The van der Waals surface area contributed by atoms with Gasteiger partial charge in [-0.25, -0.2) is 0 Å². The molecule has 3 heterocycles. The SMILES string of the molecule is CC(C)(C)[C@H]1CC[N@+]2([O-])CCc3c([nH]c4ccccc34)[C@@H]2C1. The van der Waals surface area contributed by atoms with Crippen LogP contribution in [0.4, 0.5) is 0 Å². The summed E-state index contributed by atoms with van der Waals surface area (Å²) >= 11 is 0. The largest absolute Gasteiger partial charge is 0.632 e. The molecular formula is C19H26N2O. The lowest BCUT2D eigenvalue weighted by Crippen LogP contribution is -2.55. The van der Waals surface area contributed by atoms with Gasteiger partial charge in [-0.3, -0.25) is 0 Å². The van der Waals surface area contributed by atoms with Crippen LogP contribution in [0.1, 0.15) is 50.9 Å². The van der Waals surface area contributed by atoms with Crippen molar-refractivity contribution in [3.63, 3.8) is 0 Å². The van der Waals surface area contributed by atoms with E-state index in [1.54, 1.807) is 0 Å². The van der Waals surface area contributed by atoms with E-state index in [9.17, 15) is 5.21 Å². The summed E-state index contributed by atoms with van der Waals surface area (Å²) in [5, 5.41) is 14.7. The third kappa shape index (κ3) is 2.03. The quantitative estimate of drug-likeness (QED) is 0.563. The number of hydrogen-bond acceptors (Lipinski definition) is 1. The van der Waals surface area contributed by atoms with E-state index >= 15 is 0 Å². The minimum absolute atomic E-state index is 0.00754. The van der Waals surface area contributed by atoms with Crippen molar-refractivity contribution in [3.05, 3.63) is 40.7 Å². The van der Waals surface area contributed by atoms with Gasteiger partial charge in [0, 0.05) is 30.2 Å². The van der Waals surface area contributed by atoms with E-state index in [1.165, 1.54) is 22.2 Å². The standard InChI is InChI=1S/C19H26N2O/c1-19(2,3)13-8-10-21(22)11-9-15-14-6-4-5-7-16(14)20-18(15)17(21)12-13/h4-7,13,17,20H,8-12H2,1-3H3/t13-,17-,21-/m0/s1. The van der Waals surface area contributed by atoms with Crippen LogP contribution >= 0.6 is 0 Å². The van der Waals surface area contributed by atoms with Crippen LogP contribution in [-0.2, 0) is 6.42 Å². The zero-order chi connectivity index (χ0) is 15.5. The fraction of sp³-hybridized carbons (Fsp3) is 0.579. The highest BCUT2D eigenvalue weighted by molar-refractivity contribution is 5.85. The lowest BCUT2D eigenvalue weighted by Gasteiger charge is -2.56. The minimum Gasteiger partial charge on any atom is -0.632 e. The molecule has 2 aromatic rings. The molecule has 22 heavy (non-hydrogen) atoms. The van der Waals surface area contributed by atoms with E-state index in [4.69, 9.17) is 0 Å². The van der Waals surface area contributed by atoms with Gasteiger partial charge in [0.25, 0.3) is 0 Å². The Balaban J connectivity index is 1.80. The topological polar surface area (TPSA) is 38.8 Å². The molecule has 1 aromatic heterocycles. The van der Waals surface area contributed by atoms with Gasteiger partial charge in [0.2, 0.25) is 0 Å². The summed E-state index contributed by atoms with van der Waals surface area (Å²) in [7, 11) is 0. The summed E-state index contributed by atoms with van der Waals surface area (Å²) in [6, 6.07) is 8.61. The predicted octanol–water partition coefficient (Wildman–Crippen LogP) is 4.54. The average Bonchev–Trinajstić information content (AvgIpc) is 2.84. The van der Waals surface area contributed by atoms with E-state index in [2.05, 4.69) is 50.0 Å². The molecular weight excluding hydrogens is 272 g/mol. The first-order valence-corrected chi connectivity index (χ1v) is 8.56. The second kappa shape index (κ2) is 4.59. The molecule has 3 nitrogen and oxygen atoms in total. The Kier molecular flexibility index (Phi) is 2.98. The number of aromatic nitrogens is 1. The summed E-state index contributed by atoms with van der Waals surface area (Å²) < 4.78 is -0.00754. The van der Waals surface area contributed by atoms with Crippen LogP contribution in [0.3, 0.4) is 0 Å². The van der Waals surface area contributed by atoms with E-state index < -0.39 is 0 Å². The van der Waals surface area contributed by atoms with Crippen molar-refractivity contribution in [2.75, 3.05) is 13.1 Å². The van der Waals surface area contributed by atoms with Crippen LogP contribution in [0.15, 0.2) is 24.3 Å². The lowest BCUT2D eigenvalue weighted by atomic mass is 9.71. The van der Waals surface area contributed by atoms with Crippen molar-refractivity contribution in [1.82, 2.24) is 4.98 Å². The molecule has 0 unspecified atom stereocenters. The maximum atomic E-state index is 13.3. The number of fused-ring (bicyclic) bond motifs is 5. The molecule has 3 atom stereocenters. The monoisotopic (exact) mass is 298 g/mol. The average molecular weight is 298 g/mol. The van der Waals surface area contributed by atoms with Gasteiger partial charge in [-0.2, -0.15) is 0 Å². The van der Waals surface area contributed by atoms with Gasteiger partial charge in [-0.15, -0.1) is 0 Å². The van der Waals surface area contributed by atoms with Crippen LogP contribution in [-0.4, -0.2) is 22.7 Å². The van der Waals surface area contributed by atoms with Crippen molar-refractivity contribution in [1.29, 1.82) is 0 Å². The number of aromatic amines is 1. The van der Waals surface area contributed by atoms with Gasteiger partial charge in [0.15, 0.2) is 0 Å². The normalized spacial score (nSPS) is 31.8. The Labute approximate surface area is 132 Å². The molecule has 0 saturated carbocycles. The van der Waals surface area contributed by atoms with Crippen molar-refractivity contribution >= 4 is 10.9 Å². The van der Waals surface area contributed by atoms with Crippen molar-refractivity contribution in [3.8, 4) is 0 Å². The van der Waals surface area contributed by atoms with Crippen molar-refractivity contribution in [2.45, 2.75) is 46.1 Å². The zero-order valence-corrected chi connectivity index (χ0v) is 13.9. The first kappa shape index (κ1) is 14.3. The molecule has 1 N–H and O–H groups in total. The highest BCUT2D eigenvalue weighted by Crippen LogP contribution is 2.49. The van der Waals surface area contributed by atoms with E-state index in [0.29, 0.717) is 5.92 Å². The molecule has 0 bridgehead atoms. The van der Waals surface area contributed by atoms with Crippen molar-refractivity contribution < 1.29 is 4.65 Å². The van der Waals surface area contributed by atoms with Crippen LogP contribution < -0.4 is 0 Å². The number of nitrogens with one attached hydrogen (secondary N) is 1. The van der Waals surface area contributed by atoms with E-state index in [1.807, 2.05) is 0 Å². The summed E-state index contributed by atoms with van der Waals surface area (Å²) in [4.78, 5) is 3.60. The lowest BCUT2D eigenvalue weighted by molar-refractivity contribution is -0.920. The Hall–Kier alpha value is -1.32. The smallest absolute Gasteiger partial charge is 0.130 e. The molecule has 3 heteroatoms. The molecule has 1 fully saturated rings. The third-order valence-corrected chi connectivity index (χ3v) is 6.08. The first-order chi connectivity index (χ1) is 10.4. The number of piperidine rings is 1. The number of para-hydroxylation sites is 1. The van der Waals surface area contributed by atoms with Gasteiger partial charge in [-0.1, -0.05) is 39.0 Å². The number of rotatable bonds is 0. The summed E-state index contributed by atoms with van der Waals surface area (Å²) in [5.74, 6) is 0.634. The maximum Gasteiger partial charge on any atom is 0.130 e. The van der Waals surface area contributed by atoms with Crippen LogP contribution in [0, 0.1) is 16.5 Å². The molecule has 0 aliphatic carbocycles. The number of quaternary nitrogens is 1. The van der Waals surface area contributed by atoms with Gasteiger partial charge in [0.1, 0.15) is 6.04 Å². The number of benzene rings is 1. The maximum absolute atomic E-state index is 13.3. The second-order valence-electron chi connectivity index (χ2n) is 8.32. The second-order valence-corrected chi connectivity index (χ2v) is 8.32. The highest BCUT2D eigenvalue weighted by Gasteiger charge is 2.45. The highest BCUT2D eigenvalue weighted by atomic mass is 16.5. The van der Waals surface area contributed by atoms with Crippen LogP contribution in [0.25, 0.3) is 10.9 Å². The molecule has 1 saturated heterocycles. The number of nitrogens with zero attached hydrogens (tertiary/aromatic N) is 1. The Bertz CT molecular complexity index is 712. The molecule has 0 radical (unpaired) electrons. The Morgan fingerprint density at radius 1 is 1.18 bits per heavy atom. The van der Waals surface area contributed by atoms with E-state index in [-0.39, 0.29) is 16.1 Å². The van der Waals surface area contributed by atoms with Crippen molar-refractivity contribution in [2.24, 2.45) is 11.3 Å². The molecule has 1 aromatic carbocycles. The molecule has 4 rings (SSSR count). The minimum atomic E-state index is -0.00754. The summed E-state index contributed by atoms with van der Waals surface area (Å²) in [6.07, 6.45) is 3.01. The number of hydrogen-bond donors (Lipinski definition) is 1. The van der Waals surface area contributed by atoms with E-state index in [0.717, 1.165) is 32.4 Å². The predicted molar refractivity (Wildman–Crippen MR) is 90.3 cm³/mol. The fourth-order valence-electron chi connectivity index (χ4n) is 4.59. The number of H-pyrrole nitrogens is 1. The van der Waals surface area contributed by atoms with Gasteiger partial charge in [-0.05, 0) is 23.0 Å². The van der Waals surface area contributed by atoms with Crippen LogP contribution in [0.5, 0.6) is 0 Å². The molecule has 0 spiro atoms. The van der Waals surface area contributed by atoms with Gasteiger partial charge < -0.3 is 14.8 Å². The Morgan fingerprint density at radius 2 is 1.95 bits per heavy atom. The van der Waals surface area contributed by atoms with Gasteiger partial charge >= 0.3 is 0 Å². The van der Waals surface area contributed by atoms with Gasteiger partial charge in [0.05, 0.1) is 18.8 Å². The Morgan fingerprint density at radius 3 is 2.73 bits per heavy atom. The zero-order valence-electron chi connectivity index (χ0n) is 13.9. The molecule has 2 aliphatic rings. The third-order valence-electron chi connectivity index (χ3n) is 6.08. The first-order valence-electron chi connectivity index (χ1n) is 8.56. The molecule has 118 valence electrons. The fourth-order valence-corrected chi connectivity index (χ4v) is 4.59. The summed E-state index contributed by atoms with van der Waals surface area (Å²) in [6.45, 7) is 8.48. The number of hydroxylamine groups is 3. The summed E-state index contributed by atoms with van der Waals surface area (Å²) in [5.41, 5.74) is 4.12. The molecule has 0 amide bonds. The van der Waals surface area contributed by atoms with Crippen LogP contribution in [0.2, 0.25) is 0 Å². The molecule has 2 aliphatic heterocycles.